The lowest BCUT2D eigenvalue weighted by molar-refractivity contribution is 0.110. The van der Waals surface area contributed by atoms with E-state index < -0.39 is 0 Å². The first kappa shape index (κ1) is 11.6. The standard InChI is InChI=1S/C14H22N6/c1-2-4-19(5-3-1)6-7-20-14-10-8-9(13(14)17-18-20)11-12(10)16-15-11/h9-14H,1-8H2/t9-,10+,11+,12-,13-,14+/m0/s1. The van der Waals surface area contributed by atoms with Crippen LogP contribution in [0, 0.1) is 11.8 Å². The Morgan fingerprint density at radius 3 is 2.40 bits per heavy atom. The first-order valence-electron chi connectivity index (χ1n) is 8.21. The average Bonchev–Trinajstić information content (AvgIpc) is 3.06. The van der Waals surface area contributed by atoms with Gasteiger partial charge in [-0.25, -0.2) is 0 Å². The number of hydrogen-bond donors (Lipinski definition) is 0. The van der Waals surface area contributed by atoms with Gasteiger partial charge in [0.2, 0.25) is 0 Å². The molecule has 0 radical (unpaired) electrons. The summed E-state index contributed by atoms with van der Waals surface area (Å²) in [4.78, 5) is 2.59. The van der Waals surface area contributed by atoms with Crippen molar-refractivity contribution in [1.82, 2.24) is 9.91 Å². The molecule has 3 heterocycles. The summed E-state index contributed by atoms with van der Waals surface area (Å²) in [5, 5.41) is 20.0. The third kappa shape index (κ3) is 1.48. The molecule has 3 aliphatic heterocycles. The van der Waals surface area contributed by atoms with Crippen molar-refractivity contribution < 1.29 is 0 Å². The number of fused-ring (bicyclic) bond motifs is 8. The number of azo groups is 1. The predicted molar refractivity (Wildman–Crippen MR) is 73.5 cm³/mol. The number of rotatable bonds is 3. The lowest BCUT2D eigenvalue weighted by atomic mass is 9.82. The Balaban J connectivity index is 1.25. The maximum absolute atomic E-state index is 4.58. The highest BCUT2D eigenvalue weighted by Crippen LogP contribution is 2.55. The van der Waals surface area contributed by atoms with Crippen LogP contribution in [0.1, 0.15) is 25.7 Å². The van der Waals surface area contributed by atoms with E-state index in [0.29, 0.717) is 36.0 Å². The van der Waals surface area contributed by atoms with Crippen LogP contribution in [0.3, 0.4) is 0 Å². The largest absolute Gasteiger partial charge is 0.302 e. The van der Waals surface area contributed by atoms with E-state index in [4.69, 9.17) is 0 Å². The van der Waals surface area contributed by atoms with Gasteiger partial charge >= 0.3 is 0 Å². The minimum atomic E-state index is 0.418. The van der Waals surface area contributed by atoms with Crippen molar-refractivity contribution in [1.29, 1.82) is 0 Å². The molecule has 0 N–H and O–H groups in total. The van der Waals surface area contributed by atoms with Crippen molar-refractivity contribution in [3.8, 4) is 0 Å². The Labute approximate surface area is 119 Å². The average molecular weight is 274 g/mol. The Morgan fingerprint density at radius 2 is 1.60 bits per heavy atom. The summed E-state index contributed by atoms with van der Waals surface area (Å²) < 4.78 is 0. The molecule has 0 aromatic carbocycles. The zero-order chi connectivity index (χ0) is 13.1. The Bertz CT molecular complexity index is 457. The zero-order valence-corrected chi connectivity index (χ0v) is 11.8. The van der Waals surface area contributed by atoms with Gasteiger partial charge in [0.25, 0.3) is 0 Å². The highest BCUT2D eigenvalue weighted by atomic mass is 15.6. The predicted octanol–water partition coefficient (Wildman–Crippen LogP) is 1.75. The Morgan fingerprint density at radius 1 is 0.800 bits per heavy atom. The van der Waals surface area contributed by atoms with Gasteiger partial charge in [-0.1, -0.05) is 11.6 Å². The summed E-state index contributed by atoms with van der Waals surface area (Å²) in [5.74, 6) is 1.31. The molecule has 2 bridgehead atoms. The van der Waals surface area contributed by atoms with Crippen LogP contribution in [0.25, 0.3) is 0 Å². The van der Waals surface area contributed by atoms with Gasteiger partial charge in [0.1, 0.15) is 18.1 Å². The topological polar surface area (TPSA) is 55.9 Å². The molecule has 6 heteroatoms. The van der Waals surface area contributed by atoms with Crippen molar-refractivity contribution in [3.05, 3.63) is 0 Å². The molecule has 3 fully saturated rings. The lowest BCUT2D eigenvalue weighted by Gasteiger charge is -2.39. The van der Waals surface area contributed by atoms with Gasteiger partial charge in [-0.3, -0.25) is 5.01 Å². The Kier molecular flexibility index (Phi) is 2.45. The van der Waals surface area contributed by atoms with Crippen LogP contribution in [0.15, 0.2) is 20.6 Å². The molecule has 0 aromatic rings. The smallest absolute Gasteiger partial charge is 0.100 e. The van der Waals surface area contributed by atoms with Crippen molar-refractivity contribution in [3.63, 3.8) is 0 Å². The molecule has 0 unspecified atom stereocenters. The number of hydrogen-bond acceptors (Lipinski definition) is 6. The van der Waals surface area contributed by atoms with Crippen LogP contribution in [0.5, 0.6) is 0 Å². The fourth-order valence-corrected chi connectivity index (χ4v) is 5.04. The van der Waals surface area contributed by atoms with Crippen molar-refractivity contribution in [2.24, 2.45) is 32.4 Å². The van der Waals surface area contributed by atoms with Crippen LogP contribution in [-0.2, 0) is 0 Å². The van der Waals surface area contributed by atoms with E-state index in [1.807, 2.05) is 0 Å². The summed E-state index contributed by atoms with van der Waals surface area (Å²) in [5.41, 5.74) is 0. The molecule has 6 atom stereocenters. The quantitative estimate of drug-likeness (QED) is 0.787. The first-order valence-corrected chi connectivity index (χ1v) is 8.21. The first-order chi connectivity index (χ1) is 9.92. The second-order valence-corrected chi connectivity index (χ2v) is 7.03. The molecule has 0 spiro atoms. The van der Waals surface area contributed by atoms with E-state index in [1.165, 1.54) is 38.8 Å². The summed E-state index contributed by atoms with van der Waals surface area (Å²) in [6.07, 6.45) is 5.41. The second-order valence-electron chi connectivity index (χ2n) is 7.03. The van der Waals surface area contributed by atoms with Gasteiger partial charge < -0.3 is 4.90 Å². The fourth-order valence-electron chi connectivity index (χ4n) is 5.04. The van der Waals surface area contributed by atoms with Gasteiger partial charge in [-0.05, 0) is 32.4 Å². The van der Waals surface area contributed by atoms with Gasteiger partial charge in [-0.2, -0.15) is 15.3 Å². The van der Waals surface area contributed by atoms with E-state index in [2.05, 4.69) is 30.5 Å². The molecule has 1 saturated heterocycles. The zero-order valence-electron chi connectivity index (χ0n) is 11.8. The van der Waals surface area contributed by atoms with Crippen LogP contribution >= 0.6 is 0 Å². The number of piperidine rings is 1. The molecular formula is C14H22N6. The van der Waals surface area contributed by atoms with Crippen LogP contribution in [0.4, 0.5) is 0 Å². The lowest BCUT2D eigenvalue weighted by Crippen LogP contribution is -2.53. The molecule has 2 saturated carbocycles. The van der Waals surface area contributed by atoms with Crippen molar-refractivity contribution in [2.75, 3.05) is 26.2 Å². The van der Waals surface area contributed by atoms with Crippen LogP contribution in [-0.4, -0.2) is 60.3 Å². The van der Waals surface area contributed by atoms with E-state index in [-0.39, 0.29) is 0 Å². The Hall–Kier alpha value is -1.04. The minimum absolute atomic E-state index is 0.418. The number of nitrogens with zero attached hydrogens (tertiary/aromatic N) is 6. The molecule has 20 heavy (non-hydrogen) atoms. The van der Waals surface area contributed by atoms with E-state index in [1.54, 1.807) is 0 Å². The van der Waals surface area contributed by atoms with Crippen molar-refractivity contribution in [2.45, 2.75) is 49.9 Å². The molecule has 5 aliphatic rings. The van der Waals surface area contributed by atoms with Gasteiger partial charge in [0, 0.05) is 18.4 Å². The van der Waals surface area contributed by atoms with Gasteiger partial charge in [0.05, 0.1) is 12.6 Å². The third-order valence-corrected chi connectivity index (χ3v) is 6.07. The second kappa shape index (κ2) is 4.23. The van der Waals surface area contributed by atoms with Gasteiger partial charge in [0.15, 0.2) is 0 Å². The highest BCUT2D eigenvalue weighted by molar-refractivity contribution is 5.20. The van der Waals surface area contributed by atoms with E-state index in [9.17, 15) is 0 Å². The van der Waals surface area contributed by atoms with E-state index >= 15 is 0 Å². The monoisotopic (exact) mass is 274 g/mol. The molecular weight excluding hydrogens is 252 g/mol. The maximum Gasteiger partial charge on any atom is 0.100 e. The number of likely N-dealkylation sites (tertiary alicyclic amines) is 1. The molecule has 108 valence electrons. The fraction of sp³-hybridized carbons (Fsp3) is 1.00. The highest BCUT2D eigenvalue weighted by Gasteiger charge is 2.65. The van der Waals surface area contributed by atoms with E-state index in [0.717, 1.165) is 13.1 Å². The minimum Gasteiger partial charge on any atom is -0.302 e. The molecule has 5 rings (SSSR count). The molecule has 2 aliphatic carbocycles. The molecule has 0 aromatic heterocycles. The SMILES string of the molecule is C1CCN(CCN2N=N[C@H]3[C@H]4C[C@H]([C@@H]5N=N[C@H]45)[C@H]32)CC1. The maximum atomic E-state index is 4.58. The third-order valence-electron chi connectivity index (χ3n) is 6.07. The molecule has 0 amide bonds. The van der Waals surface area contributed by atoms with Gasteiger partial charge in [-0.15, -0.1) is 0 Å². The summed E-state index contributed by atoms with van der Waals surface area (Å²) in [6.45, 7) is 4.73. The van der Waals surface area contributed by atoms with Crippen LogP contribution < -0.4 is 0 Å². The summed E-state index contributed by atoms with van der Waals surface area (Å²) in [6, 6.07) is 1.94. The normalized spacial score (nSPS) is 48.5. The van der Waals surface area contributed by atoms with Crippen LogP contribution in [0.2, 0.25) is 0 Å². The summed E-state index contributed by atoms with van der Waals surface area (Å²) >= 11 is 0. The van der Waals surface area contributed by atoms with Crippen molar-refractivity contribution >= 4 is 0 Å². The summed E-state index contributed by atoms with van der Waals surface area (Å²) in [7, 11) is 0. The molecule has 6 nitrogen and oxygen atoms in total.